The van der Waals surface area contributed by atoms with Crippen molar-refractivity contribution in [3.8, 4) is 0 Å². The Morgan fingerprint density at radius 3 is 3.06 bits per heavy atom. The van der Waals surface area contributed by atoms with Crippen LogP contribution in [0.3, 0.4) is 0 Å². The zero-order valence-corrected chi connectivity index (χ0v) is 10.2. The molecule has 5 heteroatoms. The van der Waals surface area contributed by atoms with Gasteiger partial charge in [-0.25, -0.2) is 4.39 Å². The molecule has 3 N–H and O–H groups in total. The summed E-state index contributed by atoms with van der Waals surface area (Å²) in [4.78, 5) is 13.8. The predicted octanol–water partition coefficient (Wildman–Crippen LogP) is 1.19. The molecule has 18 heavy (non-hydrogen) atoms. The highest BCUT2D eigenvalue weighted by atomic mass is 19.1. The number of hydrogen-bond acceptors (Lipinski definition) is 3. The summed E-state index contributed by atoms with van der Waals surface area (Å²) in [5.41, 5.74) is 6.29. The zero-order valence-electron chi connectivity index (χ0n) is 10.2. The fraction of sp³-hybridized carbons (Fsp3) is 0.462. The van der Waals surface area contributed by atoms with Crippen LogP contribution in [0.4, 0.5) is 10.1 Å². The first-order valence-corrected chi connectivity index (χ1v) is 6.17. The lowest BCUT2D eigenvalue weighted by atomic mass is 10.3. The average molecular weight is 251 g/mol. The minimum Gasteiger partial charge on any atom is -0.326 e. The number of amides is 1. The van der Waals surface area contributed by atoms with Crippen LogP contribution < -0.4 is 11.1 Å². The molecule has 1 amide bonds. The fourth-order valence-corrected chi connectivity index (χ4v) is 2.12. The van der Waals surface area contributed by atoms with Gasteiger partial charge in [-0.1, -0.05) is 6.07 Å². The van der Waals surface area contributed by atoms with E-state index in [0.717, 1.165) is 19.5 Å². The molecule has 0 unspecified atom stereocenters. The van der Waals surface area contributed by atoms with Gasteiger partial charge >= 0.3 is 0 Å². The second kappa shape index (κ2) is 5.93. The number of benzene rings is 1. The van der Waals surface area contributed by atoms with Crippen molar-refractivity contribution in [2.45, 2.75) is 18.9 Å². The molecule has 1 heterocycles. The third-order valence-electron chi connectivity index (χ3n) is 3.07. The van der Waals surface area contributed by atoms with E-state index in [9.17, 15) is 9.18 Å². The van der Waals surface area contributed by atoms with Gasteiger partial charge in [0.15, 0.2) is 0 Å². The molecule has 1 aromatic rings. The molecule has 1 aliphatic heterocycles. The molecule has 0 spiro atoms. The van der Waals surface area contributed by atoms with Gasteiger partial charge in [0.1, 0.15) is 5.82 Å². The molecule has 4 nitrogen and oxygen atoms in total. The highest BCUT2D eigenvalue weighted by Crippen LogP contribution is 2.10. The van der Waals surface area contributed by atoms with Gasteiger partial charge in [0.25, 0.3) is 0 Å². The van der Waals surface area contributed by atoms with Gasteiger partial charge < -0.3 is 16.0 Å². The lowest BCUT2D eigenvalue weighted by Gasteiger charge is -2.14. The standard InChI is InChI=1S/C13H18FN3O/c14-10-2-1-3-12(8-10)16-13(18)5-7-17-6-4-11(15)9-17/h1-3,8,11H,4-7,9,15H2,(H,16,18)/t11-/m1/s1. The molecule has 1 aromatic carbocycles. The summed E-state index contributed by atoms with van der Waals surface area (Å²) in [7, 11) is 0. The van der Waals surface area contributed by atoms with Crippen molar-refractivity contribution in [1.29, 1.82) is 0 Å². The number of hydrogen-bond donors (Lipinski definition) is 2. The van der Waals surface area contributed by atoms with E-state index >= 15 is 0 Å². The van der Waals surface area contributed by atoms with Crippen LogP contribution in [0.15, 0.2) is 24.3 Å². The van der Waals surface area contributed by atoms with E-state index in [-0.39, 0.29) is 17.8 Å². The second-order valence-electron chi connectivity index (χ2n) is 4.66. The minimum atomic E-state index is -0.349. The van der Waals surface area contributed by atoms with Gasteiger partial charge in [-0.15, -0.1) is 0 Å². The van der Waals surface area contributed by atoms with Crippen LogP contribution in [0.5, 0.6) is 0 Å². The highest BCUT2D eigenvalue weighted by molar-refractivity contribution is 5.90. The van der Waals surface area contributed by atoms with E-state index in [4.69, 9.17) is 5.73 Å². The van der Waals surface area contributed by atoms with Crippen molar-refractivity contribution < 1.29 is 9.18 Å². The van der Waals surface area contributed by atoms with Crippen molar-refractivity contribution in [1.82, 2.24) is 4.90 Å². The van der Waals surface area contributed by atoms with Crippen molar-refractivity contribution in [2.75, 3.05) is 25.0 Å². The average Bonchev–Trinajstić information content (AvgIpc) is 2.73. The lowest BCUT2D eigenvalue weighted by molar-refractivity contribution is -0.116. The van der Waals surface area contributed by atoms with E-state index < -0.39 is 0 Å². The number of nitrogens with two attached hydrogens (primary N) is 1. The van der Waals surface area contributed by atoms with Crippen LogP contribution in [-0.2, 0) is 4.79 Å². The first-order chi connectivity index (χ1) is 8.63. The summed E-state index contributed by atoms with van der Waals surface area (Å²) in [5, 5.41) is 2.68. The Balaban J connectivity index is 1.75. The van der Waals surface area contributed by atoms with E-state index in [1.807, 2.05) is 0 Å². The second-order valence-corrected chi connectivity index (χ2v) is 4.66. The predicted molar refractivity (Wildman–Crippen MR) is 68.7 cm³/mol. The fourth-order valence-electron chi connectivity index (χ4n) is 2.12. The zero-order chi connectivity index (χ0) is 13.0. The number of nitrogens with zero attached hydrogens (tertiary/aromatic N) is 1. The Morgan fingerprint density at radius 2 is 2.39 bits per heavy atom. The van der Waals surface area contributed by atoms with Crippen LogP contribution >= 0.6 is 0 Å². The molecule has 1 fully saturated rings. The first kappa shape index (κ1) is 13.0. The Kier molecular flexibility index (Phi) is 4.28. The molecule has 1 aliphatic rings. The van der Waals surface area contributed by atoms with Crippen LogP contribution in [0.1, 0.15) is 12.8 Å². The SMILES string of the molecule is N[C@@H]1CCN(CCC(=O)Nc2cccc(F)c2)C1. The summed E-state index contributed by atoms with van der Waals surface area (Å²) in [5.74, 6) is -0.445. The van der Waals surface area contributed by atoms with Gasteiger partial charge in [-0.2, -0.15) is 0 Å². The highest BCUT2D eigenvalue weighted by Gasteiger charge is 2.19. The monoisotopic (exact) mass is 251 g/mol. The van der Waals surface area contributed by atoms with Crippen LogP contribution in [0.2, 0.25) is 0 Å². The van der Waals surface area contributed by atoms with Gasteiger partial charge in [0.2, 0.25) is 5.91 Å². The number of carbonyl (C=O) groups excluding carboxylic acids is 1. The molecule has 0 aliphatic carbocycles. The number of nitrogens with one attached hydrogen (secondary N) is 1. The third kappa shape index (κ3) is 3.78. The minimum absolute atomic E-state index is 0.0962. The first-order valence-electron chi connectivity index (χ1n) is 6.17. The van der Waals surface area contributed by atoms with Crippen molar-refractivity contribution >= 4 is 11.6 Å². The molecule has 2 rings (SSSR count). The van der Waals surface area contributed by atoms with E-state index in [1.54, 1.807) is 12.1 Å². The maximum absolute atomic E-state index is 12.9. The van der Waals surface area contributed by atoms with Crippen molar-refractivity contribution in [2.24, 2.45) is 5.73 Å². The van der Waals surface area contributed by atoms with Crippen molar-refractivity contribution in [3.63, 3.8) is 0 Å². The Labute approximate surface area is 106 Å². The van der Waals surface area contributed by atoms with Gasteiger partial charge in [-0.05, 0) is 31.2 Å². The smallest absolute Gasteiger partial charge is 0.225 e. The van der Waals surface area contributed by atoms with Crippen LogP contribution in [-0.4, -0.2) is 36.5 Å². The van der Waals surface area contributed by atoms with Crippen LogP contribution in [0.25, 0.3) is 0 Å². The van der Waals surface area contributed by atoms with E-state index in [2.05, 4.69) is 10.2 Å². The summed E-state index contributed by atoms with van der Waals surface area (Å²) < 4.78 is 12.9. The lowest BCUT2D eigenvalue weighted by Crippen LogP contribution is -2.29. The molecule has 98 valence electrons. The Hall–Kier alpha value is -1.46. The largest absolute Gasteiger partial charge is 0.326 e. The maximum Gasteiger partial charge on any atom is 0.225 e. The van der Waals surface area contributed by atoms with E-state index in [0.29, 0.717) is 18.7 Å². The van der Waals surface area contributed by atoms with Crippen molar-refractivity contribution in [3.05, 3.63) is 30.1 Å². The topological polar surface area (TPSA) is 58.4 Å². The summed E-state index contributed by atoms with van der Waals surface area (Å²) in [6.07, 6.45) is 1.40. The summed E-state index contributed by atoms with van der Waals surface area (Å²) >= 11 is 0. The third-order valence-corrected chi connectivity index (χ3v) is 3.07. The number of rotatable bonds is 4. The molecular weight excluding hydrogens is 233 g/mol. The summed E-state index contributed by atoms with van der Waals surface area (Å²) in [6, 6.07) is 6.14. The Morgan fingerprint density at radius 1 is 1.56 bits per heavy atom. The number of halogens is 1. The number of likely N-dealkylation sites (tertiary alicyclic amines) is 1. The molecule has 0 radical (unpaired) electrons. The quantitative estimate of drug-likeness (QED) is 0.845. The number of carbonyl (C=O) groups is 1. The number of anilines is 1. The summed E-state index contributed by atoms with van der Waals surface area (Å²) in [6.45, 7) is 2.51. The molecule has 1 saturated heterocycles. The van der Waals surface area contributed by atoms with E-state index in [1.165, 1.54) is 12.1 Å². The normalized spacial score (nSPS) is 20.0. The molecule has 0 aromatic heterocycles. The Bertz CT molecular complexity index is 424. The van der Waals surface area contributed by atoms with Crippen LogP contribution in [0, 0.1) is 5.82 Å². The molecular formula is C13H18FN3O. The van der Waals surface area contributed by atoms with Gasteiger partial charge in [0, 0.05) is 31.2 Å². The molecule has 0 bridgehead atoms. The maximum atomic E-state index is 12.9. The molecule has 0 saturated carbocycles. The van der Waals surface area contributed by atoms with Gasteiger partial charge in [0.05, 0.1) is 0 Å². The molecule has 1 atom stereocenters. The van der Waals surface area contributed by atoms with Gasteiger partial charge in [-0.3, -0.25) is 4.79 Å².